The summed E-state index contributed by atoms with van der Waals surface area (Å²) >= 11 is 0. The maximum atomic E-state index is 12.9. The first-order valence-electron chi connectivity index (χ1n) is 10.7. The molecule has 35 heavy (non-hydrogen) atoms. The molecule has 0 aliphatic heterocycles. The van der Waals surface area contributed by atoms with Crippen molar-refractivity contribution in [1.29, 1.82) is 0 Å². The zero-order valence-corrected chi connectivity index (χ0v) is 20.0. The molecule has 178 valence electrons. The van der Waals surface area contributed by atoms with E-state index >= 15 is 0 Å². The van der Waals surface area contributed by atoms with Crippen molar-refractivity contribution in [3.63, 3.8) is 0 Å². The molecule has 0 saturated carbocycles. The average Bonchev–Trinajstić information content (AvgIpc) is 3.29. The monoisotopic (exact) mass is 489 g/mol. The number of sulfone groups is 1. The Hall–Kier alpha value is -4.24. The Bertz CT molecular complexity index is 1460. The zero-order valence-electron chi connectivity index (χ0n) is 19.1. The highest BCUT2D eigenvalue weighted by atomic mass is 32.2. The van der Waals surface area contributed by atoms with E-state index in [4.69, 9.17) is 4.74 Å². The summed E-state index contributed by atoms with van der Waals surface area (Å²) in [6, 6.07) is 22.6. The zero-order chi connectivity index (χ0) is 25.0. The van der Waals surface area contributed by atoms with Crippen LogP contribution in [0.15, 0.2) is 90.0 Å². The van der Waals surface area contributed by atoms with Crippen LogP contribution in [0.4, 0.5) is 5.69 Å². The summed E-state index contributed by atoms with van der Waals surface area (Å²) in [5.74, 6) is -1.25. The Labute approximate surface area is 203 Å². The SMILES string of the molecule is Cc1ccc(-n2cc(C(=O)OCC(=O)Nc3ccc(S(C)(=O)=O)cc3)c(-c3ccccc3)n2)cc1. The number of ether oxygens (including phenoxy) is 1. The fourth-order valence-electron chi connectivity index (χ4n) is 3.35. The highest BCUT2D eigenvalue weighted by molar-refractivity contribution is 7.90. The lowest BCUT2D eigenvalue weighted by Gasteiger charge is -2.07. The van der Waals surface area contributed by atoms with Crippen LogP contribution in [0.5, 0.6) is 0 Å². The third-order valence-corrected chi connectivity index (χ3v) is 6.31. The molecule has 0 bridgehead atoms. The second-order valence-electron chi connectivity index (χ2n) is 7.96. The van der Waals surface area contributed by atoms with Crippen LogP contribution in [0, 0.1) is 6.92 Å². The number of rotatable bonds is 7. The van der Waals surface area contributed by atoms with E-state index in [-0.39, 0.29) is 10.5 Å². The van der Waals surface area contributed by atoms with Crippen molar-refractivity contribution in [1.82, 2.24) is 9.78 Å². The Morgan fingerprint density at radius 1 is 0.943 bits per heavy atom. The summed E-state index contributed by atoms with van der Waals surface area (Å²) in [5, 5.41) is 7.17. The summed E-state index contributed by atoms with van der Waals surface area (Å²) in [4.78, 5) is 25.4. The van der Waals surface area contributed by atoms with Crippen LogP contribution in [0.2, 0.25) is 0 Å². The molecule has 4 aromatic rings. The Morgan fingerprint density at radius 2 is 1.60 bits per heavy atom. The largest absolute Gasteiger partial charge is 0.452 e. The molecule has 9 heteroatoms. The lowest BCUT2D eigenvalue weighted by Crippen LogP contribution is -2.21. The number of hydrogen-bond donors (Lipinski definition) is 1. The van der Waals surface area contributed by atoms with Gasteiger partial charge >= 0.3 is 5.97 Å². The van der Waals surface area contributed by atoms with Gasteiger partial charge in [-0.3, -0.25) is 4.79 Å². The van der Waals surface area contributed by atoms with E-state index < -0.39 is 28.3 Å². The minimum atomic E-state index is -3.34. The predicted molar refractivity (Wildman–Crippen MR) is 132 cm³/mol. The van der Waals surface area contributed by atoms with Crippen LogP contribution in [0.3, 0.4) is 0 Å². The standard InChI is InChI=1S/C26H23N3O5S/c1-18-8-12-21(13-9-18)29-16-23(25(28-29)19-6-4-3-5-7-19)26(31)34-17-24(30)27-20-10-14-22(15-11-20)35(2,32)33/h3-16H,17H2,1-2H3,(H,27,30). The third-order valence-electron chi connectivity index (χ3n) is 5.18. The van der Waals surface area contributed by atoms with Gasteiger partial charge in [0.25, 0.3) is 5.91 Å². The van der Waals surface area contributed by atoms with E-state index in [1.54, 1.807) is 10.9 Å². The topological polar surface area (TPSA) is 107 Å². The smallest absolute Gasteiger partial charge is 0.342 e. The van der Waals surface area contributed by atoms with E-state index in [9.17, 15) is 18.0 Å². The van der Waals surface area contributed by atoms with Crippen molar-refractivity contribution in [3.05, 3.63) is 96.2 Å². The lowest BCUT2D eigenvalue weighted by molar-refractivity contribution is -0.119. The van der Waals surface area contributed by atoms with Crippen molar-refractivity contribution in [2.75, 3.05) is 18.2 Å². The Morgan fingerprint density at radius 3 is 2.23 bits per heavy atom. The highest BCUT2D eigenvalue weighted by Crippen LogP contribution is 2.24. The van der Waals surface area contributed by atoms with Crippen LogP contribution >= 0.6 is 0 Å². The quantitative estimate of drug-likeness (QED) is 0.393. The molecule has 3 aromatic carbocycles. The molecule has 0 unspecified atom stereocenters. The molecule has 8 nitrogen and oxygen atoms in total. The molecule has 1 heterocycles. The number of anilines is 1. The number of benzene rings is 3. The summed E-state index contributed by atoms with van der Waals surface area (Å²) in [5.41, 5.74) is 3.66. The number of aromatic nitrogens is 2. The van der Waals surface area contributed by atoms with Gasteiger partial charge in [0.15, 0.2) is 16.4 Å². The molecule has 0 spiro atoms. The van der Waals surface area contributed by atoms with Crippen LogP contribution in [-0.4, -0.2) is 42.9 Å². The second kappa shape index (κ2) is 9.94. The molecule has 0 aliphatic rings. The van der Waals surface area contributed by atoms with Crippen molar-refractivity contribution in [3.8, 4) is 16.9 Å². The van der Waals surface area contributed by atoms with Crippen molar-refractivity contribution < 1.29 is 22.7 Å². The van der Waals surface area contributed by atoms with Crippen LogP contribution in [0.1, 0.15) is 15.9 Å². The number of amides is 1. The number of carbonyl (C=O) groups is 2. The highest BCUT2D eigenvalue weighted by Gasteiger charge is 2.21. The Kier molecular flexibility index (Phi) is 6.79. The van der Waals surface area contributed by atoms with E-state index in [0.717, 1.165) is 23.1 Å². The van der Waals surface area contributed by atoms with Crippen molar-refractivity contribution in [2.45, 2.75) is 11.8 Å². The van der Waals surface area contributed by atoms with E-state index in [1.165, 1.54) is 24.3 Å². The number of aryl methyl sites for hydroxylation is 1. The minimum Gasteiger partial charge on any atom is -0.452 e. The number of nitrogens with zero attached hydrogens (tertiary/aromatic N) is 2. The van der Waals surface area contributed by atoms with Gasteiger partial charge in [-0.25, -0.2) is 17.9 Å². The predicted octanol–water partition coefficient (Wildman–Crippen LogP) is 4.05. The molecule has 0 aliphatic carbocycles. The minimum absolute atomic E-state index is 0.140. The molecule has 0 radical (unpaired) electrons. The van der Waals surface area contributed by atoms with Gasteiger partial charge in [-0.15, -0.1) is 0 Å². The van der Waals surface area contributed by atoms with Gasteiger partial charge in [0.05, 0.1) is 10.6 Å². The molecule has 1 aromatic heterocycles. The molecule has 1 N–H and O–H groups in total. The molecule has 0 fully saturated rings. The first-order chi connectivity index (χ1) is 16.7. The van der Waals surface area contributed by atoms with E-state index in [1.807, 2.05) is 61.5 Å². The van der Waals surface area contributed by atoms with Crippen LogP contribution in [-0.2, 0) is 19.4 Å². The van der Waals surface area contributed by atoms with E-state index in [2.05, 4.69) is 10.4 Å². The van der Waals surface area contributed by atoms with Crippen molar-refractivity contribution in [2.24, 2.45) is 0 Å². The summed E-state index contributed by atoms with van der Waals surface area (Å²) < 4.78 is 30.0. The van der Waals surface area contributed by atoms with Gasteiger partial charge in [-0.1, -0.05) is 48.0 Å². The van der Waals surface area contributed by atoms with Gasteiger partial charge < -0.3 is 10.1 Å². The van der Waals surface area contributed by atoms with Crippen molar-refractivity contribution >= 4 is 27.4 Å². The van der Waals surface area contributed by atoms with Gasteiger partial charge in [-0.2, -0.15) is 5.10 Å². The normalized spacial score (nSPS) is 11.1. The number of carbonyl (C=O) groups excluding carboxylic acids is 2. The molecule has 0 atom stereocenters. The number of nitrogens with one attached hydrogen (secondary N) is 1. The van der Waals surface area contributed by atoms with E-state index in [0.29, 0.717) is 11.4 Å². The number of esters is 1. The first-order valence-corrected chi connectivity index (χ1v) is 12.6. The average molecular weight is 490 g/mol. The van der Waals surface area contributed by atoms with Gasteiger partial charge in [0.1, 0.15) is 11.3 Å². The summed E-state index contributed by atoms with van der Waals surface area (Å²) in [6.07, 6.45) is 2.68. The fraction of sp³-hybridized carbons (Fsp3) is 0.115. The van der Waals surface area contributed by atoms with Gasteiger partial charge in [-0.05, 0) is 43.3 Å². The third kappa shape index (κ3) is 5.82. The lowest BCUT2D eigenvalue weighted by atomic mass is 10.1. The first kappa shape index (κ1) is 23.9. The molecule has 4 rings (SSSR count). The van der Waals surface area contributed by atoms with Crippen LogP contribution in [0.25, 0.3) is 16.9 Å². The second-order valence-corrected chi connectivity index (χ2v) is 9.97. The maximum absolute atomic E-state index is 12.9. The summed E-state index contributed by atoms with van der Waals surface area (Å²) in [6.45, 7) is 1.47. The number of hydrogen-bond acceptors (Lipinski definition) is 6. The molecular formula is C26H23N3O5S. The molecule has 0 saturated heterocycles. The molecular weight excluding hydrogens is 466 g/mol. The maximum Gasteiger partial charge on any atom is 0.342 e. The fourth-order valence-corrected chi connectivity index (χ4v) is 3.98. The Balaban J connectivity index is 1.50. The molecule has 1 amide bonds. The van der Waals surface area contributed by atoms with Gasteiger partial charge in [0, 0.05) is 23.7 Å². The van der Waals surface area contributed by atoms with Gasteiger partial charge in [0.2, 0.25) is 0 Å². The summed E-state index contributed by atoms with van der Waals surface area (Å²) in [7, 11) is -3.34. The van der Waals surface area contributed by atoms with Crippen LogP contribution < -0.4 is 5.32 Å².